The summed E-state index contributed by atoms with van der Waals surface area (Å²) in [4.78, 5) is 4.82. The van der Waals surface area contributed by atoms with Crippen molar-refractivity contribution in [3.05, 3.63) is 41.7 Å². The van der Waals surface area contributed by atoms with Crippen molar-refractivity contribution in [1.82, 2.24) is 4.98 Å². The van der Waals surface area contributed by atoms with Gasteiger partial charge in [-0.1, -0.05) is 43.5 Å². The summed E-state index contributed by atoms with van der Waals surface area (Å²) in [7, 11) is 0. The summed E-state index contributed by atoms with van der Waals surface area (Å²) < 4.78 is 0. The SMILES string of the molecule is Cc1cc2ccccc2c(C2CCCCC2)n1. The molecule has 1 aromatic heterocycles. The fraction of sp³-hybridized carbons (Fsp3) is 0.438. The van der Waals surface area contributed by atoms with Crippen molar-refractivity contribution in [2.24, 2.45) is 0 Å². The average molecular weight is 225 g/mol. The van der Waals surface area contributed by atoms with E-state index in [1.165, 1.54) is 48.6 Å². The van der Waals surface area contributed by atoms with Crippen LogP contribution in [0.4, 0.5) is 0 Å². The Labute approximate surface area is 103 Å². The zero-order chi connectivity index (χ0) is 11.7. The monoisotopic (exact) mass is 225 g/mol. The second kappa shape index (κ2) is 4.48. The Morgan fingerprint density at radius 3 is 2.65 bits per heavy atom. The number of aryl methyl sites for hydroxylation is 1. The van der Waals surface area contributed by atoms with Gasteiger partial charge in [-0.05, 0) is 31.2 Å². The Hall–Kier alpha value is -1.37. The highest BCUT2D eigenvalue weighted by Crippen LogP contribution is 2.35. The molecule has 1 aliphatic rings. The Balaban J connectivity index is 2.13. The van der Waals surface area contributed by atoms with Crippen molar-refractivity contribution in [2.75, 3.05) is 0 Å². The summed E-state index contributed by atoms with van der Waals surface area (Å²) in [5.74, 6) is 0.688. The van der Waals surface area contributed by atoms with Gasteiger partial charge in [-0.3, -0.25) is 4.98 Å². The topological polar surface area (TPSA) is 12.9 Å². The van der Waals surface area contributed by atoms with E-state index in [0.717, 1.165) is 5.69 Å². The smallest absolute Gasteiger partial charge is 0.0515 e. The molecule has 0 N–H and O–H groups in total. The van der Waals surface area contributed by atoms with E-state index in [9.17, 15) is 0 Å². The highest BCUT2D eigenvalue weighted by molar-refractivity contribution is 5.85. The fourth-order valence-corrected chi connectivity index (χ4v) is 3.05. The summed E-state index contributed by atoms with van der Waals surface area (Å²) in [5, 5.41) is 2.71. The zero-order valence-electron chi connectivity index (χ0n) is 10.4. The lowest BCUT2D eigenvalue weighted by Gasteiger charge is -2.22. The van der Waals surface area contributed by atoms with Crippen LogP contribution < -0.4 is 0 Å². The Morgan fingerprint density at radius 2 is 1.82 bits per heavy atom. The molecule has 1 fully saturated rings. The summed E-state index contributed by atoms with van der Waals surface area (Å²) in [6, 6.07) is 10.9. The molecule has 2 aromatic rings. The minimum atomic E-state index is 0.688. The highest BCUT2D eigenvalue weighted by Gasteiger charge is 2.19. The van der Waals surface area contributed by atoms with Crippen LogP contribution in [-0.4, -0.2) is 4.98 Å². The Kier molecular flexibility index (Phi) is 2.84. The summed E-state index contributed by atoms with van der Waals surface area (Å²) in [5.41, 5.74) is 2.50. The van der Waals surface area contributed by atoms with Crippen molar-refractivity contribution in [1.29, 1.82) is 0 Å². The number of aromatic nitrogens is 1. The molecular weight excluding hydrogens is 206 g/mol. The molecule has 0 radical (unpaired) electrons. The molecule has 0 atom stereocenters. The maximum absolute atomic E-state index is 4.82. The first-order valence-electron chi connectivity index (χ1n) is 6.71. The van der Waals surface area contributed by atoms with Crippen LogP contribution in [0.5, 0.6) is 0 Å². The standard InChI is InChI=1S/C16H19N/c1-12-11-14-9-5-6-10-15(14)16(17-12)13-7-3-2-4-8-13/h5-6,9-11,13H,2-4,7-8H2,1H3. The molecule has 0 spiro atoms. The summed E-state index contributed by atoms with van der Waals surface area (Å²) in [6.07, 6.45) is 6.78. The highest BCUT2D eigenvalue weighted by atomic mass is 14.7. The van der Waals surface area contributed by atoms with Crippen LogP contribution in [-0.2, 0) is 0 Å². The van der Waals surface area contributed by atoms with E-state index >= 15 is 0 Å². The van der Waals surface area contributed by atoms with E-state index in [2.05, 4.69) is 37.3 Å². The van der Waals surface area contributed by atoms with Gasteiger partial charge in [0, 0.05) is 17.0 Å². The number of nitrogens with zero attached hydrogens (tertiary/aromatic N) is 1. The predicted octanol–water partition coefficient (Wildman–Crippen LogP) is 4.59. The molecular formula is C16H19N. The van der Waals surface area contributed by atoms with Crippen LogP contribution in [0.15, 0.2) is 30.3 Å². The third-order valence-corrected chi connectivity index (χ3v) is 3.89. The number of fused-ring (bicyclic) bond motifs is 1. The van der Waals surface area contributed by atoms with E-state index in [4.69, 9.17) is 4.98 Å². The molecule has 1 aliphatic carbocycles. The molecule has 1 heteroatoms. The molecule has 3 rings (SSSR count). The first-order chi connectivity index (χ1) is 8.34. The van der Waals surface area contributed by atoms with E-state index < -0.39 is 0 Å². The molecule has 1 aromatic carbocycles. The van der Waals surface area contributed by atoms with Gasteiger partial charge in [-0.15, -0.1) is 0 Å². The zero-order valence-corrected chi connectivity index (χ0v) is 10.4. The molecule has 0 aliphatic heterocycles. The third kappa shape index (κ3) is 2.06. The van der Waals surface area contributed by atoms with Gasteiger partial charge in [-0.2, -0.15) is 0 Å². The van der Waals surface area contributed by atoms with E-state index in [-0.39, 0.29) is 0 Å². The molecule has 0 amide bonds. The van der Waals surface area contributed by atoms with Crippen molar-refractivity contribution in [2.45, 2.75) is 44.9 Å². The third-order valence-electron chi connectivity index (χ3n) is 3.89. The van der Waals surface area contributed by atoms with Gasteiger partial charge in [0.25, 0.3) is 0 Å². The van der Waals surface area contributed by atoms with Gasteiger partial charge in [0.2, 0.25) is 0 Å². The molecule has 0 saturated heterocycles. The molecule has 1 saturated carbocycles. The minimum Gasteiger partial charge on any atom is -0.257 e. The molecule has 17 heavy (non-hydrogen) atoms. The lowest BCUT2D eigenvalue weighted by molar-refractivity contribution is 0.438. The van der Waals surface area contributed by atoms with Gasteiger partial charge in [0.05, 0.1) is 5.69 Å². The van der Waals surface area contributed by atoms with Gasteiger partial charge in [-0.25, -0.2) is 0 Å². The maximum atomic E-state index is 4.82. The minimum absolute atomic E-state index is 0.688. The van der Waals surface area contributed by atoms with Gasteiger partial charge in [0.1, 0.15) is 0 Å². The second-order valence-electron chi connectivity index (χ2n) is 5.20. The number of benzene rings is 1. The first kappa shape index (κ1) is 10.8. The Morgan fingerprint density at radius 1 is 1.06 bits per heavy atom. The molecule has 1 heterocycles. The number of hydrogen-bond donors (Lipinski definition) is 0. The van der Waals surface area contributed by atoms with Crippen molar-refractivity contribution in [3.8, 4) is 0 Å². The quantitative estimate of drug-likeness (QED) is 0.691. The molecule has 1 nitrogen and oxygen atoms in total. The average Bonchev–Trinajstić information content (AvgIpc) is 2.39. The lowest BCUT2D eigenvalue weighted by Crippen LogP contribution is -2.07. The van der Waals surface area contributed by atoms with Crippen LogP contribution in [0, 0.1) is 6.92 Å². The van der Waals surface area contributed by atoms with Crippen LogP contribution in [0.2, 0.25) is 0 Å². The summed E-state index contributed by atoms with van der Waals surface area (Å²) >= 11 is 0. The molecule has 0 bridgehead atoms. The number of hydrogen-bond acceptors (Lipinski definition) is 1. The normalized spacial score (nSPS) is 17.5. The van der Waals surface area contributed by atoms with Crippen LogP contribution in [0.1, 0.15) is 49.4 Å². The predicted molar refractivity (Wildman–Crippen MR) is 72.3 cm³/mol. The number of rotatable bonds is 1. The maximum Gasteiger partial charge on any atom is 0.0515 e. The molecule has 88 valence electrons. The number of pyridine rings is 1. The second-order valence-corrected chi connectivity index (χ2v) is 5.20. The van der Waals surface area contributed by atoms with Crippen LogP contribution in [0.3, 0.4) is 0 Å². The lowest BCUT2D eigenvalue weighted by atomic mass is 9.85. The first-order valence-corrected chi connectivity index (χ1v) is 6.71. The molecule has 0 unspecified atom stereocenters. The van der Waals surface area contributed by atoms with Crippen molar-refractivity contribution < 1.29 is 0 Å². The van der Waals surface area contributed by atoms with E-state index in [1.54, 1.807) is 0 Å². The fourth-order valence-electron chi connectivity index (χ4n) is 3.05. The van der Waals surface area contributed by atoms with Gasteiger partial charge in [0.15, 0.2) is 0 Å². The van der Waals surface area contributed by atoms with Gasteiger partial charge >= 0.3 is 0 Å². The largest absolute Gasteiger partial charge is 0.257 e. The van der Waals surface area contributed by atoms with Crippen LogP contribution in [0.25, 0.3) is 10.8 Å². The van der Waals surface area contributed by atoms with Crippen LogP contribution >= 0.6 is 0 Å². The van der Waals surface area contributed by atoms with E-state index in [0.29, 0.717) is 5.92 Å². The van der Waals surface area contributed by atoms with Crippen molar-refractivity contribution in [3.63, 3.8) is 0 Å². The van der Waals surface area contributed by atoms with Gasteiger partial charge < -0.3 is 0 Å². The van der Waals surface area contributed by atoms with Crippen molar-refractivity contribution >= 4 is 10.8 Å². The van der Waals surface area contributed by atoms with E-state index in [1.807, 2.05) is 0 Å². The summed E-state index contributed by atoms with van der Waals surface area (Å²) in [6.45, 7) is 2.11. The Bertz CT molecular complexity index is 524.